The third kappa shape index (κ3) is 5.32. The molecule has 186 valence electrons. The van der Waals surface area contributed by atoms with Crippen molar-refractivity contribution >= 4 is 18.0 Å². The molecule has 8 heteroatoms. The molecule has 2 aromatic rings. The summed E-state index contributed by atoms with van der Waals surface area (Å²) in [6.07, 6.45) is 0.883. The molecule has 0 spiro atoms. The number of carboxylic acid groups (broad SMARTS) is 1. The van der Waals surface area contributed by atoms with Gasteiger partial charge < -0.3 is 24.8 Å². The van der Waals surface area contributed by atoms with Gasteiger partial charge in [0.15, 0.2) is 0 Å². The summed E-state index contributed by atoms with van der Waals surface area (Å²) >= 11 is 0. The van der Waals surface area contributed by atoms with Gasteiger partial charge in [0.2, 0.25) is 5.91 Å². The van der Waals surface area contributed by atoms with E-state index in [0.717, 1.165) is 28.7 Å². The van der Waals surface area contributed by atoms with Gasteiger partial charge in [0, 0.05) is 25.4 Å². The molecule has 3 unspecified atom stereocenters. The highest BCUT2D eigenvalue weighted by Crippen LogP contribution is 2.44. The predicted molar refractivity (Wildman–Crippen MR) is 130 cm³/mol. The number of carboxylic acids is 1. The van der Waals surface area contributed by atoms with Gasteiger partial charge in [-0.25, -0.2) is 4.79 Å². The largest absolute Gasteiger partial charge is 0.481 e. The third-order valence-electron chi connectivity index (χ3n) is 6.98. The lowest BCUT2D eigenvalue weighted by Gasteiger charge is -2.28. The molecule has 1 heterocycles. The highest BCUT2D eigenvalue weighted by Gasteiger charge is 2.39. The summed E-state index contributed by atoms with van der Waals surface area (Å²) in [7, 11) is 1.59. The minimum Gasteiger partial charge on any atom is -0.481 e. The van der Waals surface area contributed by atoms with Crippen molar-refractivity contribution in [2.75, 3.05) is 26.9 Å². The molecule has 4 rings (SSSR count). The molecule has 1 aliphatic heterocycles. The summed E-state index contributed by atoms with van der Waals surface area (Å²) < 4.78 is 10.9. The van der Waals surface area contributed by atoms with Gasteiger partial charge >= 0.3 is 12.1 Å². The molecule has 2 aliphatic rings. The number of hydrogen-bond donors (Lipinski definition) is 2. The van der Waals surface area contributed by atoms with Gasteiger partial charge in [0.05, 0.1) is 19.3 Å². The van der Waals surface area contributed by atoms with Crippen LogP contribution in [0.1, 0.15) is 43.2 Å². The van der Waals surface area contributed by atoms with Gasteiger partial charge in [-0.3, -0.25) is 9.59 Å². The van der Waals surface area contributed by atoms with Crippen molar-refractivity contribution < 1.29 is 29.0 Å². The monoisotopic (exact) mass is 480 g/mol. The zero-order valence-corrected chi connectivity index (χ0v) is 20.1. The molecule has 3 atom stereocenters. The van der Waals surface area contributed by atoms with Crippen LogP contribution >= 0.6 is 0 Å². The van der Waals surface area contributed by atoms with E-state index < -0.39 is 30.1 Å². The maximum atomic E-state index is 12.9. The van der Waals surface area contributed by atoms with E-state index in [9.17, 15) is 19.5 Å². The maximum Gasteiger partial charge on any atom is 0.407 e. The number of alkyl carbamates (subject to hydrolysis) is 1. The number of benzene rings is 2. The number of hydrogen-bond acceptors (Lipinski definition) is 5. The van der Waals surface area contributed by atoms with Crippen molar-refractivity contribution in [2.24, 2.45) is 5.92 Å². The average Bonchev–Trinajstić information content (AvgIpc) is 3.46. The number of nitrogens with zero attached hydrogens (tertiary/aromatic N) is 1. The number of nitrogens with one attached hydrogen (secondary N) is 1. The van der Waals surface area contributed by atoms with E-state index in [4.69, 9.17) is 9.47 Å². The fraction of sp³-hybridized carbons (Fsp3) is 0.444. The van der Waals surface area contributed by atoms with Crippen molar-refractivity contribution in [3.63, 3.8) is 0 Å². The van der Waals surface area contributed by atoms with Crippen molar-refractivity contribution in [3.05, 3.63) is 59.7 Å². The minimum atomic E-state index is -0.978. The molecule has 1 saturated heterocycles. The molecule has 8 nitrogen and oxygen atoms in total. The Kier molecular flexibility index (Phi) is 7.70. The van der Waals surface area contributed by atoms with Gasteiger partial charge in [-0.05, 0) is 28.7 Å². The van der Waals surface area contributed by atoms with Gasteiger partial charge in [-0.1, -0.05) is 61.9 Å². The molecule has 0 bridgehead atoms. The first kappa shape index (κ1) is 24.7. The first-order valence-corrected chi connectivity index (χ1v) is 12.1. The second-order valence-electron chi connectivity index (χ2n) is 9.21. The molecule has 35 heavy (non-hydrogen) atoms. The molecule has 1 aliphatic carbocycles. The van der Waals surface area contributed by atoms with E-state index in [1.165, 1.54) is 4.90 Å². The Morgan fingerprint density at radius 1 is 1.09 bits per heavy atom. The van der Waals surface area contributed by atoms with Crippen LogP contribution in [0.4, 0.5) is 4.79 Å². The van der Waals surface area contributed by atoms with Gasteiger partial charge in [0.25, 0.3) is 0 Å². The molecule has 2 N–H and O–H groups in total. The van der Waals surface area contributed by atoms with Crippen LogP contribution in [0.2, 0.25) is 0 Å². The van der Waals surface area contributed by atoms with E-state index in [1.807, 2.05) is 31.2 Å². The zero-order chi connectivity index (χ0) is 24.9. The Labute approximate surface area is 205 Å². The fourth-order valence-corrected chi connectivity index (χ4v) is 5.08. The summed E-state index contributed by atoms with van der Waals surface area (Å²) in [6.45, 7) is 2.46. The van der Waals surface area contributed by atoms with Crippen LogP contribution in [0.5, 0.6) is 0 Å². The lowest BCUT2D eigenvalue weighted by atomic mass is 9.98. The number of rotatable bonds is 9. The Hall–Kier alpha value is -3.39. The number of fused-ring (bicyclic) bond motifs is 3. The van der Waals surface area contributed by atoms with Crippen LogP contribution in [0.25, 0.3) is 11.1 Å². The highest BCUT2D eigenvalue weighted by molar-refractivity contribution is 5.80. The summed E-state index contributed by atoms with van der Waals surface area (Å²) in [4.78, 5) is 38.5. The SMILES string of the molecule is CCCC(CC(=O)N(C)C1COCC1C(=O)O)NC(=O)OCC1c2ccccc2-c2ccccc21. The Morgan fingerprint density at radius 3 is 2.31 bits per heavy atom. The topological polar surface area (TPSA) is 105 Å². The highest BCUT2D eigenvalue weighted by atomic mass is 16.5. The normalized spacial score (nSPS) is 19.5. The number of carbonyl (C=O) groups excluding carboxylic acids is 2. The van der Waals surface area contributed by atoms with E-state index in [1.54, 1.807) is 7.05 Å². The van der Waals surface area contributed by atoms with Crippen LogP contribution in [-0.4, -0.2) is 66.9 Å². The number of likely N-dealkylation sites (N-methyl/N-ethyl adjacent to an activating group) is 1. The second kappa shape index (κ2) is 10.9. The lowest BCUT2D eigenvalue weighted by molar-refractivity contribution is -0.144. The Morgan fingerprint density at radius 2 is 1.71 bits per heavy atom. The smallest absolute Gasteiger partial charge is 0.407 e. The Balaban J connectivity index is 1.36. The first-order chi connectivity index (χ1) is 16.9. The molecule has 1 fully saturated rings. The van der Waals surface area contributed by atoms with Gasteiger partial charge in [-0.15, -0.1) is 0 Å². The number of amides is 2. The standard InChI is InChI=1S/C27H32N2O6/c1-3-8-17(13-25(30)29(2)24-16-34-14-23(24)26(31)32)28-27(33)35-15-22-20-11-6-4-9-18(20)19-10-5-7-12-21(19)22/h4-7,9-12,17,22-24H,3,8,13-16H2,1-2H3,(H,28,33)(H,31,32). The first-order valence-electron chi connectivity index (χ1n) is 12.1. The van der Waals surface area contributed by atoms with E-state index in [0.29, 0.717) is 6.42 Å². The summed E-state index contributed by atoms with van der Waals surface area (Å²) in [5, 5.41) is 12.2. The average molecular weight is 481 g/mol. The number of carbonyl (C=O) groups is 3. The molecule has 2 amide bonds. The Bertz CT molecular complexity index is 1040. The van der Waals surface area contributed by atoms with Crippen LogP contribution in [0.3, 0.4) is 0 Å². The maximum absolute atomic E-state index is 12.9. The zero-order valence-electron chi connectivity index (χ0n) is 20.1. The molecule has 0 radical (unpaired) electrons. The summed E-state index contributed by atoms with van der Waals surface area (Å²) in [6, 6.07) is 15.3. The molecule has 0 saturated carbocycles. The predicted octanol–water partition coefficient (Wildman–Crippen LogP) is 3.64. The second-order valence-corrected chi connectivity index (χ2v) is 9.21. The summed E-state index contributed by atoms with van der Waals surface area (Å²) in [5.41, 5.74) is 4.58. The van der Waals surface area contributed by atoms with E-state index >= 15 is 0 Å². The number of aliphatic carboxylic acids is 1. The fourth-order valence-electron chi connectivity index (χ4n) is 5.08. The summed E-state index contributed by atoms with van der Waals surface area (Å²) in [5.74, 6) is -2.00. The van der Waals surface area contributed by atoms with Crippen molar-refractivity contribution in [3.8, 4) is 11.1 Å². The van der Waals surface area contributed by atoms with Crippen LogP contribution in [0.15, 0.2) is 48.5 Å². The lowest BCUT2D eigenvalue weighted by Crippen LogP contribution is -2.47. The van der Waals surface area contributed by atoms with Crippen LogP contribution in [0, 0.1) is 5.92 Å². The molecule has 2 aromatic carbocycles. The van der Waals surface area contributed by atoms with Gasteiger partial charge in [0.1, 0.15) is 12.5 Å². The van der Waals surface area contributed by atoms with Crippen molar-refractivity contribution in [2.45, 2.75) is 44.2 Å². The minimum absolute atomic E-state index is 0.0409. The molecule has 0 aromatic heterocycles. The quantitative estimate of drug-likeness (QED) is 0.568. The van der Waals surface area contributed by atoms with Crippen molar-refractivity contribution in [1.82, 2.24) is 10.2 Å². The van der Waals surface area contributed by atoms with Crippen LogP contribution in [-0.2, 0) is 19.1 Å². The third-order valence-corrected chi connectivity index (χ3v) is 6.98. The van der Waals surface area contributed by atoms with Crippen molar-refractivity contribution in [1.29, 1.82) is 0 Å². The van der Waals surface area contributed by atoms with E-state index in [-0.39, 0.29) is 38.1 Å². The number of ether oxygens (including phenoxy) is 2. The van der Waals surface area contributed by atoms with Gasteiger partial charge in [-0.2, -0.15) is 0 Å². The van der Waals surface area contributed by atoms with E-state index in [2.05, 4.69) is 29.6 Å². The molecular weight excluding hydrogens is 448 g/mol. The molecular formula is C27H32N2O6. The van der Waals surface area contributed by atoms with Crippen LogP contribution < -0.4 is 5.32 Å².